The number of likely N-dealkylation sites (tertiary alicyclic amines) is 1. The third-order valence-corrected chi connectivity index (χ3v) is 4.98. The molecule has 118 valence electrons. The number of benzene rings is 1. The predicted octanol–water partition coefficient (Wildman–Crippen LogP) is 2.97. The lowest BCUT2D eigenvalue weighted by Gasteiger charge is -2.43. The van der Waals surface area contributed by atoms with Gasteiger partial charge in [-0.3, -0.25) is 4.90 Å². The van der Waals surface area contributed by atoms with Crippen LogP contribution in [0.5, 0.6) is 11.5 Å². The Hall–Kier alpha value is -1.26. The second-order valence-corrected chi connectivity index (χ2v) is 6.00. The highest BCUT2D eigenvalue weighted by Gasteiger charge is 2.38. The van der Waals surface area contributed by atoms with Crippen LogP contribution in [0.4, 0.5) is 0 Å². The summed E-state index contributed by atoms with van der Waals surface area (Å²) in [5, 5.41) is 0. The Labute approximate surface area is 128 Å². The highest BCUT2D eigenvalue weighted by molar-refractivity contribution is 5.44. The molecule has 4 heteroatoms. The van der Waals surface area contributed by atoms with Crippen molar-refractivity contribution < 1.29 is 9.47 Å². The molecule has 1 fully saturated rings. The largest absolute Gasteiger partial charge is 0.493 e. The van der Waals surface area contributed by atoms with E-state index in [-0.39, 0.29) is 11.6 Å². The first-order valence-corrected chi connectivity index (χ1v) is 7.79. The van der Waals surface area contributed by atoms with E-state index in [1.54, 1.807) is 14.2 Å². The smallest absolute Gasteiger partial charge is 0.161 e. The van der Waals surface area contributed by atoms with Gasteiger partial charge in [-0.1, -0.05) is 13.0 Å². The van der Waals surface area contributed by atoms with Gasteiger partial charge < -0.3 is 15.2 Å². The third kappa shape index (κ3) is 3.01. The molecule has 0 aromatic heterocycles. The molecule has 1 saturated heterocycles. The molecule has 1 aromatic rings. The highest BCUT2D eigenvalue weighted by Crippen LogP contribution is 2.37. The van der Waals surface area contributed by atoms with Gasteiger partial charge in [0.25, 0.3) is 0 Å². The van der Waals surface area contributed by atoms with Crippen LogP contribution in [-0.2, 0) is 0 Å². The van der Waals surface area contributed by atoms with E-state index in [0.717, 1.165) is 36.6 Å². The molecular formula is C17H28N2O2. The lowest BCUT2D eigenvalue weighted by atomic mass is 9.83. The zero-order chi connectivity index (χ0) is 15.5. The van der Waals surface area contributed by atoms with Crippen molar-refractivity contribution in [1.29, 1.82) is 0 Å². The Bertz CT molecular complexity index is 472. The Morgan fingerprint density at radius 1 is 1.19 bits per heavy atom. The fraction of sp³-hybridized carbons (Fsp3) is 0.647. The van der Waals surface area contributed by atoms with Crippen molar-refractivity contribution in [3.63, 3.8) is 0 Å². The molecule has 0 aliphatic carbocycles. The summed E-state index contributed by atoms with van der Waals surface area (Å²) >= 11 is 0. The molecule has 0 saturated carbocycles. The summed E-state index contributed by atoms with van der Waals surface area (Å²) in [5.74, 6) is 1.48. The van der Waals surface area contributed by atoms with E-state index in [1.165, 1.54) is 12.8 Å². The second kappa shape index (κ2) is 6.67. The molecule has 1 aliphatic rings. The minimum absolute atomic E-state index is 0.0178. The number of methoxy groups -OCH3 is 2. The van der Waals surface area contributed by atoms with Gasteiger partial charge in [-0.2, -0.15) is 0 Å². The molecule has 2 rings (SSSR count). The van der Waals surface area contributed by atoms with Crippen molar-refractivity contribution in [3.05, 3.63) is 23.8 Å². The molecule has 4 nitrogen and oxygen atoms in total. The SMILES string of the molecule is CCC(C)(C(N)c1ccc(OC)c(OC)c1)N1CCCC1. The fourth-order valence-electron chi connectivity index (χ4n) is 3.27. The minimum atomic E-state index is -0.0413. The summed E-state index contributed by atoms with van der Waals surface area (Å²) in [6.45, 7) is 6.79. The number of hydrogen-bond acceptors (Lipinski definition) is 4. The Morgan fingerprint density at radius 3 is 2.33 bits per heavy atom. The highest BCUT2D eigenvalue weighted by atomic mass is 16.5. The monoisotopic (exact) mass is 292 g/mol. The van der Waals surface area contributed by atoms with Crippen LogP contribution >= 0.6 is 0 Å². The average Bonchev–Trinajstić information content (AvgIpc) is 3.07. The van der Waals surface area contributed by atoms with Crippen LogP contribution < -0.4 is 15.2 Å². The van der Waals surface area contributed by atoms with Crippen LogP contribution in [0.15, 0.2) is 18.2 Å². The maximum Gasteiger partial charge on any atom is 0.161 e. The van der Waals surface area contributed by atoms with Gasteiger partial charge in [0.2, 0.25) is 0 Å². The summed E-state index contributed by atoms with van der Waals surface area (Å²) in [5.41, 5.74) is 7.72. The van der Waals surface area contributed by atoms with E-state index in [2.05, 4.69) is 24.8 Å². The first kappa shape index (κ1) is 16.1. The van der Waals surface area contributed by atoms with Gasteiger partial charge in [-0.25, -0.2) is 0 Å². The van der Waals surface area contributed by atoms with E-state index in [1.807, 2.05) is 12.1 Å². The molecule has 0 radical (unpaired) electrons. The van der Waals surface area contributed by atoms with Gasteiger partial charge in [0.05, 0.1) is 14.2 Å². The number of hydrogen-bond donors (Lipinski definition) is 1. The molecule has 1 aliphatic heterocycles. The zero-order valence-corrected chi connectivity index (χ0v) is 13.7. The van der Waals surface area contributed by atoms with Crippen LogP contribution in [0, 0.1) is 0 Å². The van der Waals surface area contributed by atoms with Crippen molar-refractivity contribution in [1.82, 2.24) is 4.90 Å². The Balaban J connectivity index is 2.30. The average molecular weight is 292 g/mol. The summed E-state index contributed by atoms with van der Waals surface area (Å²) in [4.78, 5) is 2.54. The van der Waals surface area contributed by atoms with Gasteiger partial charge in [0.1, 0.15) is 0 Å². The normalized spacial score (nSPS) is 20.0. The van der Waals surface area contributed by atoms with Gasteiger partial charge >= 0.3 is 0 Å². The Morgan fingerprint density at radius 2 is 1.81 bits per heavy atom. The number of rotatable bonds is 6. The summed E-state index contributed by atoms with van der Waals surface area (Å²) in [6, 6.07) is 5.96. The standard InChI is InChI=1S/C17H28N2O2/c1-5-17(2,19-10-6-7-11-19)16(18)13-8-9-14(20-3)15(12-13)21-4/h8-9,12,16H,5-7,10-11,18H2,1-4H3. The predicted molar refractivity (Wildman–Crippen MR) is 86.0 cm³/mol. The van der Waals surface area contributed by atoms with Crippen LogP contribution in [0.1, 0.15) is 44.7 Å². The fourth-order valence-corrected chi connectivity index (χ4v) is 3.27. The van der Waals surface area contributed by atoms with Crippen LogP contribution in [0.25, 0.3) is 0 Å². The van der Waals surface area contributed by atoms with Gasteiger partial charge in [-0.05, 0) is 57.0 Å². The van der Waals surface area contributed by atoms with Gasteiger partial charge in [0.15, 0.2) is 11.5 Å². The third-order valence-electron chi connectivity index (χ3n) is 4.98. The first-order valence-electron chi connectivity index (χ1n) is 7.79. The lowest BCUT2D eigenvalue weighted by molar-refractivity contribution is 0.0999. The number of nitrogens with two attached hydrogens (primary N) is 1. The summed E-state index contributed by atoms with van der Waals surface area (Å²) in [7, 11) is 3.31. The summed E-state index contributed by atoms with van der Waals surface area (Å²) < 4.78 is 10.7. The maximum absolute atomic E-state index is 6.64. The van der Waals surface area contributed by atoms with Gasteiger partial charge in [-0.15, -0.1) is 0 Å². The number of ether oxygens (including phenoxy) is 2. The van der Waals surface area contributed by atoms with E-state index in [9.17, 15) is 0 Å². The van der Waals surface area contributed by atoms with Gasteiger partial charge in [0, 0.05) is 11.6 Å². The molecule has 2 atom stereocenters. The van der Waals surface area contributed by atoms with Crippen molar-refractivity contribution in [2.75, 3.05) is 27.3 Å². The molecular weight excluding hydrogens is 264 g/mol. The molecule has 2 N–H and O–H groups in total. The molecule has 2 unspecified atom stereocenters. The topological polar surface area (TPSA) is 47.7 Å². The van der Waals surface area contributed by atoms with Crippen LogP contribution in [0.2, 0.25) is 0 Å². The van der Waals surface area contributed by atoms with Crippen molar-refractivity contribution in [3.8, 4) is 11.5 Å². The van der Waals surface area contributed by atoms with Crippen LogP contribution in [0.3, 0.4) is 0 Å². The van der Waals surface area contributed by atoms with Crippen molar-refractivity contribution in [2.24, 2.45) is 5.73 Å². The maximum atomic E-state index is 6.64. The molecule has 1 aromatic carbocycles. The Kier molecular flexibility index (Phi) is 5.12. The van der Waals surface area contributed by atoms with Crippen molar-refractivity contribution >= 4 is 0 Å². The van der Waals surface area contributed by atoms with E-state index in [0.29, 0.717) is 0 Å². The van der Waals surface area contributed by atoms with Crippen LogP contribution in [-0.4, -0.2) is 37.7 Å². The van der Waals surface area contributed by atoms with Crippen molar-refractivity contribution in [2.45, 2.75) is 44.7 Å². The van der Waals surface area contributed by atoms with E-state index >= 15 is 0 Å². The molecule has 21 heavy (non-hydrogen) atoms. The first-order chi connectivity index (χ1) is 10.1. The summed E-state index contributed by atoms with van der Waals surface area (Å²) in [6.07, 6.45) is 3.57. The molecule has 0 spiro atoms. The molecule has 0 amide bonds. The lowest BCUT2D eigenvalue weighted by Crippen LogP contribution is -2.51. The number of nitrogens with zero attached hydrogens (tertiary/aromatic N) is 1. The molecule has 1 heterocycles. The van der Waals surface area contributed by atoms with E-state index < -0.39 is 0 Å². The quantitative estimate of drug-likeness (QED) is 0.875. The minimum Gasteiger partial charge on any atom is -0.493 e. The second-order valence-electron chi connectivity index (χ2n) is 6.00. The molecule has 0 bridgehead atoms. The zero-order valence-electron chi connectivity index (χ0n) is 13.7. The van der Waals surface area contributed by atoms with E-state index in [4.69, 9.17) is 15.2 Å².